The summed E-state index contributed by atoms with van der Waals surface area (Å²) < 4.78 is 14.2. The van der Waals surface area contributed by atoms with Gasteiger partial charge in [-0.15, -0.1) is 18.7 Å². The normalized spacial score (nSPS) is 14.8. The Morgan fingerprint density at radius 1 is 0.833 bits per heavy atom. The second-order valence-electron chi connectivity index (χ2n) is 11.5. The molecule has 4 heteroatoms. The van der Waals surface area contributed by atoms with Gasteiger partial charge in [0.05, 0.1) is 12.2 Å². The lowest BCUT2D eigenvalue weighted by Crippen LogP contribution is -2.68. The van der Waals surface area contributed by atoms with E-state index >= 15 is 0 Å². The van der Waals surface area contributed by atoms with Crippen LogP contribution in [0, 0.1) is 11.5 Å². The van der Waals surface area contributed by atoms with E-state index in [1.54, 1.807) is 0 Å². The molecule has 0 spiro atoms. The molecule has 0 aliphatic heterocycles. The maximum atomic E-state index is 7.47. The third kappa shape index (κ3) is 7.92. The van der Waals surface area contributed by atoms with Gasteiger partial charge in [0.25, 0.3) is 8.32 Å². The minimum atomic E-state index is -2.72. The van der Waals surface area contributed by atoms with E-state index in [-0.39, 0.29) is 23.4 Å². The van der Waals surface area contributed by atoms with Crippen molar-refractivity contribution in [2.45, 2.75) is 89.9 Å². The molecule has 0 bridgehead atoms. The lowest BCUT2D eigenvalue weighted by Gasteiger charge is -2.46. The number of ether oxygens (including phenoxy) is 1. The summed E-state index contributed by atoms with van der Waals surface area (Å²) in [4.78, 5) is 0. The minimum Gasteiger partial charge on any atom is -0.402 e. The van der Waals surface area contributed by atoms with E-state index in [4.69, 9.17) is 9.16 Å². The van der Waals surface area contributed by atoms with Crippen LogP contribution in [0.4, 0.5) is 0 Å². The highest BCUT2D eigenvalue weighted by Crippen LogP contribution is 2.38. The van der Waals surface area contributed by atoms with Crippen molar-refractivity contribution in [1.29, 1.82) is 0 Å². The molecule has 0 saturated carbocycles. The molecule has 36 heavy (non-hydrogen) atoms. The first-order valence-corrected chi connectivity index (χ1v) is 18.6. The standard InChI is InChI=1S/C32H46O2Si2/c1-10-19-27(25-26-35(7,8)9)33-30(12-3)31(20-11-2)34-36(32(4,5)6,28-21-15-13-16-22-28)29-23-17-14-18-24-29/h10-11,13-18,21-24,27,30-31H,1-2,12,19-20H2,3-9H3/t27?,30-,31-/m1/s1. The summed E-state index contributed by atoms with van der Waals surface area (Å²) in [6.45, 7) is 23.9. The van der Waals surface area contributed by atoms with Gasteiger partial charge in [-0.3, -0.25) is 0 Å². The summed E-state index contributed by atoms with van der Waals surface area (Å²) in [6, 6.07) is 21.6. The van der Waals surface area contributed by atoms with E-state index in [0.29, 0.717) is 12.8 Å². The first kappa shape index (κ1) is 30.1. The van der Waals surface area contributed by atoms with Gasteiger partial charge in [-0.25, -0.2) is 0 Å². The zero-order valence-electron chi connectivity index (χ0n) is 23.5. The SMILES string of the molecule is C=CCC(C#C[Si](C)(C)C)O[C@H](CC)[C@@H](CC=C)O[Si](c1ccccc1)(c1ccccc1)C(C)(C)C. The first-order valence-electron chi connectivity index (χ1n) is 13.2. The summed E-state index contributed by atoms with van der Waals surface area (Å²) in [5.41, 5.74) is 3.50. The molecule has 0 fully saturated rings. The average molecular weight is 519 g/mol. The Labute approximate surface area is 223 Å². The number of hydrogen-bond donors (Lipinski definition) is 0. The topological polar surface area (TPSA) is 18.5 Å². The van der Waals surface area contributed by atoms with Gasteiger partial charge >= 0.3 is 0 Å². The zero-order chi connectivity index (χ0) is 26.8. The highest BCUT2D eigenvalue weighted by atomic mass is 28.4. The van der Waals surface area contributed by atoms with Crippen molar-refractivity contribution in [3.63, 3.8) is 0 Å². The van der Waals surface area contributed by atoms with Gasteiger partial charge in [0, 0.05) is 6.42 Å². The van der Waals surface area contributed by atoms with Gasteiger partial charge in [0.15, 0.2) is 0 Å². The maximum absolute atomic E-state index is 7.47. The fourth-order valence-corrected chi connectivity index (χ4v) is 9.92. The first-order chi connectivity index (χ1) is 17.0. The van der Waals surface area contributed by atoms with E-state index < -0.39 is 16.4 Å². The van der Waals surface area contributed by atoms with Crippen LogP contribution in [-0.4, -0.2) is 34.7 Å². The summed E-state index contributed by atoms with van der Waals surface area (Å²) in [5, 5.41) is 2.44. The molecule has 0 N–H and O–H groups in total. The van der Waals surface area contributed by atoms with Crippen molar-refractivity contribution in [2.24, 2.45) is 0 Å². The van der Waals surface area contributed by atoms with Gasteiger partial charge in [0.2, 0.25) is 0 Å². The van der Waals surface area contributed by atoms with Crippen molar-refractivity contribution in [3.05, 3.63) is 86.0 Å². The molecular formula is C32H46O2Si2. The highest BCUT2D eigenvalue weighted by molar-refractivity contribution is 6.99. The summed E-state index contributed by atoms with van der Waals surface area (Å²) in [7, 11) is -4.24. The molecule has 0 aliphatic rings. The van der Waals surface area contributed by atoms with Crippen LogP contribution in [0.1, 0.15) is 47.0 Å². The summed E-state index contributed by atoms with van der Waals surface area (Å²) in [5.74, 6) is 3.43. The molecule has 0 saturated heterocycles. The molecule has 0 aromatic heterocycles. The average Bonchev–Trinajstić information content (AvgIpc) is 2.83. The molecule has 2 aromatic carbocycles. The van der Waals surface area contributed by atoms with Crippen molar-refractivity contribution < 1.29 is 9.16 Å². The predicted molar refractivity (Wildman–Crippen MR) is 162 cm³/mol. The molecule has 3 atom stereocenters. The third-order valence-electron chi connectivity index (χ3n) is 6.29. The van der Waals surface area contributed by atoms with Crippen LogP contribution in [0.3, 0.4) is 0 Å². The van der Waals surface area contributed by atoms with Gasteiger partial charge < -0.3 is 9.16 Å². The second-order valence-corrected chi connectivity index (χ2v) is 20.5. The predicted octanol–water partition coefficient (Wildman–Crippen LogP) is 7.13. The molecule has 2 aromatic rings. The molecule has 0 heterocycles. The number of rotatable bonds is 12. The van der Waals surface area contributed by atoms with E-state index in [0.717, 1.165) is 6.42 Å². The van der Waals surface area contributed by atoms with Gasteiger partial charge in [-0.05, 0) is 28.3 Å². The lowest BCUT2D eigenvalue weighted by molar-refractivity contribution is -0.0509. The van der Waals surface area contributed by atoms with Gasteiger partial charge in [-0.2, -0.15) is 0 Å². The Bertz CT molecular complexity index is 968. The Morgan fingerprint density at radius 3 is 1.72 bits per heavy atom. The lowest BCUT2D eigenvalue weighted by atomic mass is 10.1. The van der Waals surface area contributed by atoms with Crippen LogP contribution >= 0.6 is 0 Å². The van der Waals surface area contributed by atoms with E-state index in [2.05, 4.69) is 133 Å². The summed E-state index contributed by atoms with van der Waals surface area (Å²) >= 11 is 0. The zero-order valence-corrected chi connectivity index (χ0v) is 25.5. The van der Waals surface area contributed by atoms with Crippen molar-refractivity contribution >= 4 is 26.8 Å². The Balaban J connectivity index is 2.60. The molecule has 2 rings (SSSR count). The van der Waals surface area contributed by atoms with E-state index in [9.17, 15) is 0 Å². The van der Waals surface area contributed by atoms with E-state index in [1.807, 2.05) is 12.2 Å². The van der Waals surface area contributed by atoms with Crippen molar-refractivity contribution in [3.8, 4) is 11.5 Å². The molecule has 194 valence electrons. The largest absolute Gasteiger partial charge is 0.402 e. The van der Waals surface area contributed by atoms with Crippen LogP contribution in [0.5, 0.6) is 0 Å². The van der Waals surface area contributed by atoms with E-state index in [1.165, 1.54) is 10.4 Å². The highest BCUT2D eigenvalue weighted by Gasteiger charge is 2.52. The molecule has 2 nitrogen and oxygen atoms in total. The van der Waals surface area contributed by atoms with Crippen molar-refractivity contribution in [1.82, 2.24) is 0 Å². The fraction of sp³-hybridized carbons (Fsp3) is 0.438. The Hall–Kier alpha value is -2.17. The molecule has 0 amide bonds. The number of hydrogen-bond acceptors (Lipinski definition) is 2. The maximum Gasteiger partial charge on any atom is 0.261 e. The van der Waals surface area contributed by atoms with Crippen molar-refractivity contribution in [2.75, 3.05) is 0 Å². The molecule has 1 unspecified atom stereocenters. The van der Waals surface area contributed by atoms with Gasteiger partial charge in [0.1, 0.15) is 14.2 Å². The number of benzene rings is 2. The summed E-state index contributed by atoms with van der Waals surface area (Å²) in [6.07, 6.45) is 5.68. The third-order valence-corrected chi connectivity index (χ3v) is 12.2. The quantitative estimate of drug-likeness (QED) is 0.169. The Kier molecular flexibility index (Phi) is 11.2. The molecule has 0 radical (unpaired) electrons. The van der Waals surface area contributed by atoms with Gasteiger partial charge in [-0.1, -0.05) is 126 Å². The van der Waals surface area contributed by atoms with Crippen LogP contribution in [0.2, 0.25) is 24.7 Å². The fourth-order valence-electron chi connectivity index (χ4n) is 4.61. The van der Waals surface area contributed by atoms with Crippen LogP contribution in [-0.2, 0) is 9.16 Å². The molecule has 0 aliphatic carbocycles. The smallest absolute Gasteiger partial charge is 0.261 e. The van der Waals surface area contributed by atoms with Crippen LogP contribution in [0.25, 0.3) is 0 Å². The Morgan fingerprint density at radius 2 is 1.33 bits per heavy atom. The van der Waals surface area contributed by atoms with Crippen LogP contribution < -0.4 is 10.4 Å². The van der Waals surface area contributed by atoms with Crippen LogP contribution in [0.15, 0.2) is 86.0 Å². The monoisotopic (exact) mass is 518 g/mol. The molecular weight excluding hydrogens is 473 g/mol. The second kappa shape index (κ2) is 13.4. The minimum absolute atomic E-state index is 0.106.